The van der Waals surface area contributed by atoms with Crippen molar-refractivity contribution in [2.24, 2.45) is 0 Å². The lowest BCUT2D eigenvalue weighted by Crippen LogP contribution is -2.31. The SMILES string of the molecule is CCOC(=O)CNC(=O)CSc1nnc(-c2ccc3c(c2)OCO3)c2sc(C)nc12. The van der Waals surface area contributed by atoms with Crippen LogP contribution in [0, 0.1) is 6.92 Å². The summed E-state index contributed by atoms with van der Waals surface area (Å²) in [6.45, 7) is 3.94. The topological polar surface area (TPSA) is 113 Å². The monoisotopic (exact) mass is 446 g/mol. The first-order valence-corrected chi connectivity index (χ1v) is 10.9. The van der Waals surface area contributed by atoms with Gasteiger partial charge >= 0.3 is 5.97 Å². The smallest absolute Gasteiger partial charge is 0.325 e. The molecule has 4 rings (SSSR count). The summed E-state index contributed by atoms with van der Waals surface area (Å²) in [5.41, 5.74) is 2.25. The van der Waals surface area contributed by atoms with E-state index in [2.05, 4.69) is 20.5 Å². The predicted octanol–water partition coefficient (Wildman–Crippen LogP) is 2.56. The number of rotatable bonds is 7. The second-order valence-corrected chi connectivity index (χ2v) is 8.37. The molecule has 3 heterocycles. The summed E-state index contributed by atoms with van der Waals surface area (Å²) in [5, 5.41) is 12.6. The number of carbonyl (C=O) groups excluding carboxylic acids is 2. The van der Waals surface area contributed by atoms with Crippen LogP contribution in [0.3, 0.4) is 0 Å². The first-order valence-electron chi connectivity index (χ1n) is 9.14. The number of ether oxygens (including phenoxy) is 3. The highest BCUT2D eigenvalue weighted by Gasteiger charge is 2.20. The summed E-state index contributed by atoms with van der Waals surface area (Å²) >= 11 is 2.74. The molecule has 0 bridgehead atoms. The van der Waals surface area contributed by atoms with Gasteiger partial charge in [0.1, 0.15) is 22.8 Å². The Balaban J connectivity index is 1.53. The number of hydrogen-bond donors (Lipinski definition) is 1. The molecule has 0 saturated carbocycles. The van der Waals surface area contributed by atoms with E-state index in [-0.39, 0.29) is 31.6 Å². The van der Waals surface area contributed by atoms with Crippen LogP contribution in [0.2, 0.25) is 0 Å². The van der Waals surface area contributed by atoms with Gasteiger partial charge in [-0.1, -0.05) is 11.8 Å². The molecule has 1 aliphatic heterocycles. The molecule has 0 aliphatic carbocycles. The van der Waals surface area contributed by atoms with Gasteiger partial charge in [0.25, 0.3) is 0 Å². The molecule has 11 heteroatoms. The maximum atomic E-state index is 12.0. The number of esters is 1. The van der Waals surface area contributed by atoms with Crippen LogP contribution < -0.4 is 14.8 Å². The van der Waals surface area contributed by atoms with Crippen molar-refractivity contribution in [3.05, 3.63) is 23.2 Å². The third-order valence-corrected chi connectivity index (χ3v) is 6.05. The second-order valence-electron chi connectivity index (χ2n) is 6.20. The third kappa shape index (κ3) is 4.31. The van der Waals surface area contributed by atoms with Crippen LogP contribution >= 0.6 is 23.1 Å². The number of carbonyl (C=O) groups is 2. The van der Waals surface area contributed by atoms with Gasteiger partial charge in [-0.05, 0) is 32.0 Å². The maximum absolute atomic E-state index is 12.0. The molecule has 0 saturated heterocycles. The van der Waals surface area contributed by atoms with E-state index in [1.807, 2.05) is 25.1 Å². The van der Waals surface area contributed by atoms with Gasteiger partial charge in [0, 0.05) is 5.56 Å². The van der Waals surface area contributed by atoms with Gasteiger partial charge in [-0.15, -0.1) is 21.5 Å². The first kappa shape index (κ1) is 20.4. The molecule has 0 radical (unpaired) electrons. The van der Waals surface area contributed by atoms with Crippen molar-refractivity contribution in [2.75, 3.05) is 25.7 Å². The van der Waals surface area contributed by atoms with Crippen LogP contribution in [0.25, 0.3) is 21.5 Å². The minimum atomic E-state index is -0.471. The van der Waals surface area contributed by atoms with Crippen molar-refractivity contribution in [1.82, 2.24) is 20.5 Å². The number of thiazole rings is 1. The molecule has 1 amide bonds. The molecule has 3 aromatic rings. The molecule has 0 spiro atoms. The van der Waals surface area contributed by atoms with Crippen LogP contribution in [0.5, 0.6) is 11.5 Å². The lowest BCUT2D eigenvalue weighted by atomic mass is 10.1. The van der Waals surface area contributed by atoms with E-state index >= 15 is 0 Å². The minimum absolute atomic E-state index is 0.0864. The van der Waals surface area contributed by atoms with Crippen molar-refractivity contribution in [2.45, 2.75) is 18.9 Å². The molecule has 156 valence electrons. The van der Waals surface area contributed by atoms with Crippen LogP contribution in [0.1, 0.15) is 11.9 Å². The molecule has 9 nitrogen and oxygen atoms in total. The number of hydrogen-bond acceptors (Lipinski definition) is 10. The van der Waals surface area contributed by atoms with Crippen LogP contribution in [-0.4, -0.2) is 52.8 Å². The largest absolute Gasteiger partial charge is 0.465 e. The van der Waals surface area contributed by atoms with E-state index in [9.17, 15) is 9.59 Å². The van der Waals surface area contributed by atoms with Crippen molar-refractivity contribution < 1.29 is 23.8 Å². The number of aromatic nitrogens is 3. The average molecular weight is 447 g/mol. The van der Waals surface area contributed by atoms with E-state index in [1.165, 1.54) is 23.1 Å². The number of amides is 1. The number of fused-ring (bicyclic) bond motifs is 2. The Morgan fingerprint density at radius 2 is 2.10 bits per heavy atom. The molecular formula is C19H18N4O5S2. The summed E-state index contributed by atoms with van der Waals surface area (Å²) in [6, 6.07) is 5.62. The average Bonchev–Trinajstić information content (AvgIpc) is 3.36. The fraction of sp³-hybridized carbons (Fsp3) is 0.316. The Morgan fingerprint density at radius 3 is 2.93 bits per heavy atom. The van der Waals surface area contributed by atoms with E-state index in [0.717, 1.165) is 15.3 Å². The number of nitrogens with one attached hydrogen (secondary N) is 1. The van der Waals surface area contributed by atoms with Crippen molar-refractivity contribution in [3.8, 4) is 22.8 Å². The molecule has 1 aromatic carbocycles. The highest BCUT2D eigenvalue weighted by molar-refractivity contribution is 8.00. The van der Waals surface area contributed by atoms with Gasteiger partial charge in [-0.25, -0.2) is 4.98 Å². The lowest BCUT2D eigenvalue weighted by molar-refractivity contribution is -0.143. The quantitative estimate of drug-likeness (QED) is 0.432. The highest BCUT2D eigenvalue weighted by Crippen LogP contribution is 2.39. The van der Waals surface area contributed by atoms with E-state index < -0.39 is 5.97 Å². The Hall–Kier alpha value is -2.92. The maximum Gasteiger partial charge on any atom is 0.325 e. The molecule has 0 fully saturated rings. The summed E-state index contributed by atoms with van der Waals surface area (Å²) in [7, 11) is 0. The van der Waals surface area contributed by atoms with Crippen LogP contribution in [0.15, 0.2) is 23.2 Å². The van der Waals surface area contributed by atoms with Crippen molar-refractivity contribution >= 4 is 45.2 Å². The Morgan fingerprint density at radius 1 is 1.27 bits per heavy atom. The molecule has 1 N–H and O–H groups in total. The fourth-order valence-electron chi connectivity index (χ4n) is 2.82. The second kappa shape index (κ2) is 8.84. The summed E-state index contributed by atoms with van der Waals surface area (Å²) < 4.78 is 16.5. The van der Waals surface area contributed by atoms with Gasteiger partial charge in [-0.3, -0.25) is 9.59 Å². The Kier molecular flexibility index (Phi) is 6.00. The number of benzene rings is 1. The van der Waals surface area contributed by atoms with Gasteiger partial charge in [0.05, 0.1) is 22.1 Å². The third-order valence-electron chi connectivity index (χ3n) is 4.11. The van der Waals surface area contributed by atoms with E-state index in [0.29, 0.717) is 27.7 Å². The highest BCUT2D eigenvalue weighted by atomic mass is 32.2. The number of aryl methyl sites for hydroxylation is 1. The molecule has 1 aliphatic rings. The Labute approximate surface area is 180 Å². The van der Waals surface area contributed by atoms with Crippen LogP contribution in [-0.2, 0) is 14.3 Å². The predicted molar refractivity (Wildman–Crippen MR) is 112 cm³/mol. The van der Waals surface area contributed by atoms with Crippen molar-refractivity contribution in [3.63, 3.8) is 0 Å². The summed E-state index contributed by atoms with van der Waals surface area (Å²) in [5.74, 6) is 0.684. The first-order chi connectivity index (χ1) is 14.5. The minimum Gasteiger partial charge on any atom is -0.465 e. The zero-order valence-electron chi connectivity index (χ0n) is 16.3. The molecular weight excluding hydrogens is 428 g/mol. The zero-order valence-corrected chi connectivity index (χ0v) is 17.9. The van der Waals surface area contributed by atoms with Gasteiger partial charge in [0.2, 0.25) is 12.7 Å². The fourth-order valence-corrected chi connectivity index (χ4v) is 4.56. The normalized spacial score (nSPS) is 12.2. The molecule has 0 unspecified atom stereocenters. The van der Waals surface area contributed by atoms with Gasteiger partial charge in [0.15, 0.2) is 11.5 Å². The van der Waals surface area contributed by atoms with Gasteiger partial charge < -0.3 is 19.5 Å². The van der Waals surface area contributed by atoms with E-state index in [4.69, 9.17) is 14.2 Å². The lowest BCUT2D eigenvalue weighted by Gasteiger charge is -2.07. The molecule has 2 aromatic heterocycles. The standard InChI is InChI=1S/C19H18N4O5S2/c1-3-26-15(25)7-20-14(24)8-29-19-17-18(30-10(2)21-17)16(22-23-19)11-4-5-12-13(6-11)28-9-27-12/h4-6H,3,7-9H2,1-2H3,(H,20,24). The van der Waals surface area contributed by atoms with Crippen molar-refractivity contribution in [1.29, 1.82) is 0 Å². The van der Waals surface area contributed by atoms with E-state index in [1.54, 1.807) is 6.92 Å². The number of thioether (sulfide) groups is 1. The summed E-state index contributed by atoms with van der Waals surface area (Å²) in [6.07, 6.45) is 0. The molecule has 30 heavy (non-hydrogen) atoms. The Bertz CT molecular complexity index is 1120. The van der Waals surface area contributed by atoms with Crippen LogP contribution in [0.4, 0.5) is 0 Å². The zero-order chi connectivity index (χ0) is 21.1. The summed E-state index contributed by atoms with van der Waals surface area (Å²) in [4.78, 5) is 28.0. The van der Waals surface area contributed by atoms with Gasteiger partial charge in [-0.2, -0.15) is 0 Å². The molecule has 0 atom stereocenters. The number of nitrogens with zero attached hydrogens (tertiary/aromatic N) is 3.